The van der Waals surface area contributed by atoms with Crippen LogP contribution in [-0.4, -0.2) is 22.8 Å². The molecule has 0 aliphatic carbocycles. The highest BCUT2D eigenvalue weighted by molar-refractivity contribution is 5.74. The molecule has 0 fully saturated rings. The molecular formula is C10H14O3. The highest BCUT2D eigenvalue weighted by atomic mass is 16.4. The molecule has 0 aromatic carbocycles. The molecule has 0 aliphatic heterocycles. The summed E-state index contributed by atoms with van der Waals surface area (Å²) in [6.45, 7) is 4.99. The van der Waals surface area contributed by atoms with Gasteiger partial charge in [0, 0.05) is 0 Å². The Morgan fingerprint density at radius 2 is 2.15 bits per heavy atom. The van der Waals surface area contributed by atoms with E-state index in [1.165, 1.54) is 0 Å². The molecule has 0 heterocycles. The van der Waals surface area contributed by atoms with Gasteiger partial charge in [0.1, 0.15) is 5.92 Å². The minimum atomic E-state index is -1.06. The van der Waals surface area contributed by atoms with Crippen LogP contribution in [0.15, 0.2) is 36.5 Å². The lowest BCUT2D eigenvalue weighted by Crippen LogP contribution is -2.18. The van der Waals surface area contributed by atoms with Crippen LogP contribution in [0.25, 0.3) is 0 Å². The van der Waals surface area contributed by atoms with Gasteiger partial charge in [0.25, 0.3) is 0 Å². The average Bonchev–Trinajstić information content (AvgIpc) is 2.05. The fraction of sp³-hybridized carbons (Fsp3) is 0.300. The van der Waals surface area contributed by atoms with E-state index in [4.69, 9.17) is 10.2 Å². The second-order valence-corrected chi connectivity index (χ2v) is 2.53. The summed E-state index contributed by atoms with van der Waals surface area (Å²) >= 11 is 0. The predicted molar refractivity (Wildman–Crippen MR) is 51.3 cm³/mol. The van der Waals surface area contributed by atoms with E-state index in [9.17, 15) is 4.79 Å². The third kappa shape index (κ3) is 4.28. The Bertz CT molecular complexity index is 239. The van der Waals surface area contributed by atoms with Gasteiger partial charge in [-0.2, -0.15) is 0 Å². The first-order valence-electron chi connectivity index (χ1n) is 3.95. The molecule has 0 saturated carbocycles. The van der Waals surface area contributed by atoms with Crippen molar-refractivity contribution < 1.29 is 15.0 Å². The first kappa shape index (κ1) is 11.6. The second kappa shape index (κ2) is 6.20. The van der Waals surface area contributed by atoms with Gasteiger partial charge in [0.15, 0.2) is 0 Å². The molecule has 72 valence electrons. The number of hydrogen-bond donors (Lipinski definition) is 2. The summed E-state index contributed by atoms with van der Waals surface area (Å²) in [5, 5.41) is 17.4. The molecule has 0 saturated heterocycles. The summed E-state index contributed by atoms with van der Waals surface area (Å²) in [6, 6.07) is 0. The van der Waals surface area contributed by atoms with E-state index in [0.29, 0.717) is 5.57 Å². The maximum absolute atomic E-state index is 10.5. The number of allylic oxidation sites excluding steroid dienone is 4. The molecule has 0 spiro atoms. The number of aliphatic carboxylic acids is 1. The van der Waals surface area contributed by atoms with Crippen LogP contribution in [0, 0.1) is 5.92 Å². The highest BCUT2D eigenvalue weighted by Gasteiger charge is 2.17. The number of aliphatic hydroxyl groups excluding tert-OH is 1. The summed E-state index contributed by atoms with van der Waals surface area (Å²) in [6.07, 6.45) is 6.85. The van der Waals surface area contributed by atoms with Crippen LogP contribution >= 0.6 is 0 Å². The summed E-state index contributed by atoms with van der Waals surface area (Å²) < 4.78 is 0. The van der Waals surface area contributed by atoms with Gasteiger partial charge >= 0.3 is 5.97 Å². The predicted octanol–water partition coefficient (Wildman–Crippen LogP) is 1.37. The lowest BCUT2D eigenvalue weighted by Gasteiger charge is -2.07. The third-order valence-electron chi connectivity index (χ3n) is 1.54. The van der Waals surface area contributed by atoms with Crippen molar-refractivity contribution in [2.75, 3.05) is 6.61 Å². The lowest BCUT2D eigenvalue weighted by molar-refractivity contribution is -0.141. The Morgan fingerprint density at radius 1 is 1.54 bits per heavy atom. The standard InChI is InChI=1S/C10H14O3/c1-3-4-5-6-8(2)9(7-11)10(12)13/h3-6,9,11H,2,7H2,1H3,(H,12,13)/b4-3-,6-5-. The van der Waals surface area contributed by atoms with E-state index >= 15 is 0 Å². The minimum Gasteiger partial charge on any atom is -0.481 e. The first-order chi connectivity index (χ1) is 6.13. The van der Waals surface area contributed by atoms with Crippen LogP contribution < -0.4 is 0 Å². The van der Waals surface area contributed by atoms with E-state index in [0.717, 1.165) is 0 Å². The maximum Gasteiger partial charge on any atom is 0.313 e. The van der Waals surface area contributed by atoms with Crippen LogP contribution in [0.2, 0.25) is 0 Å². The molecule has 1 unspecified atom stereocenters. The summed E-state index contributed by atoms with van der Waals surface area (Å²) in [5.41, 5.74) is 0.396. The summed E-state index contributed by atoms with van der Waals surface area (Å²) in [4.78, 5) is 10.5. The monoisotopic (exact) mass is 182 g/mol. The molecule has 0 bridgehead atoms. The quantitative estimate of drug-likeness (QED) is 0.631. The topological polar surface area (TPSA) is 57.5 Å². The zero-order valence-corrected chi connectivity index (χ0v) is 7.60. The zero-order chi connectivity index (χ0) is 10.3. The molecule has 0 aromatic heterocycles. The number of carbonyl (C=O) groups is 1. The molecule has 13 heavy (non-hydrogen) atoms. The van der Waals surface area contributed by atoms with Gasteiger partial charge in [-0.15, -0.1) is 0 Å². The van der Waals surface area contributed by atoms with Crippen LogP contribution in [-0.2, 0) is 4.79 Å². The molecule has 0 radical (unpaired) electrons. The SMILES string of the molecule is C=C(/C=C\C=C/C)C(CO)C(=O)O. The number of carboxylic acids is 1. The zero-order valence-electron chi connectivity index (χ0n) is 7.60. The highest BCUT2D eigenvalue weighted by Crippen LogP contribution is 2.09. The second-order valence-electron chi connectivity index (χ2n) is 2.53. The van der Waals surface area contributed by atoms with Crippen molar-refractivity contribution in [3.8, 4) is 0 Å². The van der Waals surface area contributed by atoms with Crippen molar-refractivity contribution in [3.63, 3.8) is 0 Å². The molecule has 2 N–H and O–H groups in total. The van der Waals surface area contributed by atoms with Gasteiger partial charge in [-0.05, 0) is 12.5 Å². The summed E-state index contributed by atoms with van der Waals surface area (Å²) in [7, 11) is 0. The van der Waals surface area contributed by atoms with Gasteiger partial charge in [-0.1, -0.05) is 30.9 Å². The van der Waals surface area contributed by atoms with E-state index in [1.54, 1.807) is 18.2 Å². The van der Waals surface area contributed by atoms with E-state index in [1.807, 2.05) is 13.0 Å². The normalized spacial score (nSPS) is 13.7. The largest absolute Gasteiger partial charge is 0.481 e. The van der Waals surface area contributed by atoms with Crippen LogP contribution in [0.1, 0.15) is 6.92 Å². The van der Waals surface area contributed by atoms with Crippen LogP contribution in [0.3, 0.4) is 0 Å². The third-order valence-corrected chi connectivity index (χ3v) is 1.54. The maximum atomic E-state index is 10.5. The van der Waals surface area contributed by atoms with Gasteiger partial charge in [-0.3, -0.25) is 4.79 Å². The van der Waals surface area contributed by atoms with E-state index < -0.39 is 18.5 Å². The van der Waals surface area contributed by atoms with Gasteiger partial charge in [-0.25, -0.2) is 0 Å². The number of rotatable bonds is 5. The van der Waals surface area contributed by atoms with Crippen molar-refractivity contribution in [2.45, 2.75) is 6.92 Å². The Kier molecular flexibility index (Phi) is 5.55. The molecule has 3 heteroatoms. The first-order valence-corrected chi connectivity index (χ1v) is 3.95. The van der Waals surface area contributed by atoms with Crippen LogP contribution in [0.4, 0.5) is 0 Å². The fourth-order valence-electron chi connectivity index (χ4n) is 0.760. The smallest absolute Gasteiger partial charge is 0.313 e. The Morgan fingerprint density at radius 3 is 2.54 bits per heavy atom. The molecule has 0 amide bonds. The summed E-state index contributed by atoms with van der Waals surface area (Å²) in [5.74, 6) is -1.96. The molecule has 0 aromatic rings. The number of carboxylic acid groups (broad SMARTS) is 1. The Hall–Kier alpha value is -1.35. The van der Waals surface area contributed by atoms with E-state index in [-0.39, 0.29) is 0 Å². The molecule has 0 rings (SSSR count). The van der Waals surface area contributed by atoms with Gasteiger partial charge in [0.2, 0.25) is 0 Å². The Balaban J connectivity index is 4.30. The van der Waals surface area contributed by atoms with Crippen LogP contribution in [0.5, 0.6) is 0 Å². The van der Waals surface area contributed by atoms with E-state index in [2.05, 4.69) is 6.58 Å². The fourth-order valence-corrected chi connectivity index (χ4v) is 0.760. The van der Waals surface area contributed by atoms with Crippen molar-refractivity contribution in [2.24, 2.45) is 5.92 Å². The average molecular weight is 182 g/mol. The van der Waals surface area contributed by atoms with Gasteiger partial charge < -0.3 is 10.2 Å². The Labute approximate surface area is 77.7 Å². The lowest BCUT2D eigenvalue weighted by atomic mass is 10.0. The van der Waals surface area contributed by atoms with Crippen molar-refractivity contribution >= 4 is 5.97 Å². The van der Waals surface area contributed by atoms with Crippen molar-refractivity contribution in [3.05, 3.63) is 36.5 Å². The molecule has 3 nitrogen and oxygen atoms in total. The van der Waals surface area contributed by atoms with Crippen molar-refractivity contribution in [1.29, 1.82) is 0 Å². The van der Waals surface area contributed by atoms with Gasteiger partial charge in [0.05, 0.1) is 6.61 Å². The number of hydrogen-bond acceptors (Lipinski definition) is 2. The molecular weight excluding hydrogens is 168 g/mol. The van der Waals surface area contributed by atoms with Crippen molar-refractivity contribution in [1.82, 2.24) is 0 Å². The molecule has 0 aliphatic rings. The number of aliphatic hydroxyl groups is 1. The minimum absolute atomic E-state index is 0.396. The molecule has 1 atom stereocenters.